The van der Waals surface area contributed by atoms with Crippen LogP contribution in [-0.4, -0.2) is 37.7 Å². The smallest absolute Gasteiger partial charge is 0.310 e. The summed E-state index contributed by atoms with van der Waals surface area (Å²) >= 11 is 0. The number of benzene rings is 1. The lowest BCUT2D eigenvalue weighted by Gasteiger charge is -2.51. The number of hydrogen-bond acceptors (Lipinski definition) is 4. The van der Waals surface area contributed by atoms with Crippen LogP contribution < -0.4 is 0 Å². The molecule has 1 aromatic rings. The molecule has 21 heavy (non-hydrogen) atoms. The van der Waals surface area contributed by atoms with Crippen LogP contribution in [0.15, 0.2) is 30.3 Å². The van der Waals surface area contributed by atoms with Crippen LogP contribution in [0, 0.1) is 5.41 Å². The van der Waals surface area contributed by atoms with Crippen molar-refractivity contribution in [1.29, 1.82) is 0 Å². The Kier molecular flexibility index (Phi) is 4.98. The van der Waals surface area contributed by atoms with Gasteiger partial charge in [0.2, 0.25) is 0 Å². The van der Waals surface area contributed by atoms with Gasteiger partial charge in [-0.3, -0.25) is 4.79 Å². The topological polar surface area (TPSA) is 65.0 Å². The van der Waals surface area contributed by atoms with Crippen molar-refractivity contribution in [2.24, 2.45) is 5.41 Å². The minimum Gasteiger partial charge on any atom is -0.481 e. The van der Waals surface area contributed by atoms with Crippen molar-refractivity contribution in [3.63, 3.8) is 0 Å². The quantitative estimate of drug-likeness (QED) is 0.589. The fourth-order valence-electron chi connectivity index (χ4n) is 2.82. The molecule has 2 rings (SSSR count). The molecule has 0 aliphatic heterocycles. The molecule has 1 aliphatic rings. The van der Waals surface area contributed by atoms with Crippen LogP contribution in [0.1, 0.15) is 24.8 Å². The van der Waals surface area contributed by atoms with Gasteiger partial charge in [0.1, 0.15) is 0 Å². The number of methoxy groups -OCH3 is 2. The van der Waals surface area contributed by atoms with Crippen molar-refractivity contribution in [2.45, 2.75) is 31.7 Å². The first-order chi connectivity index (χ1) is 10.1. The van der Waals surface area contributed by atoms with Gasteiger partial charge in [0.25, 0.3) is 0 Å². The first-order valence-corrected chi connectivity index (χ1v) is 7.01. The van der Waals surface area contributed by atoms with E-state index in [1.165, 1.54) is 0 Å². The van der Waals surface area contributed by atoms with Crippen molar-refractivity contribution >= 4 is 5.97 Å². The lowest BCUT2D eigenvalue weighted by Crippen LogP contribution is -2.58. The summed E-state index contributed by atoms with van der Waals surface area (Å²) < 4.78 is 16.1. The molecule has 5 nitrogen and oxygen atoms in total. The van der Waals surface area contributed by atoms with E-state index >= 15 is 0 Å². The van der Waals surface area contributed by atoms with Gasteiger partial charge in [-0.1, -0.05) is 30.3 Å². The highest BCUT2D eigenvalue weighted by atomic mass is 16.7. The SMILES string of the molecule is COC1(OC)CC(CCOCc2ccccc2)(C(=O)O)C1. The molecular formula is C16H22O5. The second-order valence-corrected chi connectivity index (χ2v) is 5.55. The molecular weight excluding hydrogens is 272 g/mol. The van der Waals surface area contributed by atoms with E-state index in [2.05, 4.69) is 0 Å². The Hall–Kier alpha value is -1.43. The van der Waals surface area contributed by atoms with Crippen molar-refractivity contribution in [3.05, 3.63) is 35.9 Å². The van der Waals surface area contributed by atoms with Gasteiger partial charge in [0, 0.05) is 33.7 Å². The molecule has 0 amide bonds. The first kappa shape index (κ1) is 15.9. The first-order valence-electron chi connectivity index (χ1n) is 7.01. The maximum Gasteiger partial charge on any atom is 0.310 e. The van der Waals surface area contributed by atoms with Gasteiger partial charge in [0.15, 0.2) is 5.79 Å². The summed E-state index contributed by atoms with van der Waals surface area (Å²) in [7, 11) is 3.09. The zero-order valence-corrected chi connectivity index (χ0v) is 12.5. The van der Waals surface area contributed by atoms with Gasteiger partial charge in [0.05, 0.1) is 12.0 Å². The molecule has 5 heteroatoms. The maximum atomic E-state index is 11.5. The number of rotatable bonds is 8. The second-order valence-electron chi connectivity index (χ2n) is 5.55. The molecule has 0 atom stereocenters. The molecule has 0 radical (unpaired) electrons. The Bertz CT molecular complexity index is 459. The van der Waals surface area contributed by atoms with E-state index in [9.17, 15) is 9.90 Å². The predicted octanol–water partition coefficient (Wildman–Crippen LogP) is 2.45. The van der Waals surface area contributed by atoms with E-state index in [1.807, 2.05) is 30.3 Å². The molecule has 0 unspecified atom stereocenters. The summed E-state index contributed by atoms with van der Waals surface area (Å²) in [6, 6.07) is 9.82. The molecule has 0 bridgehead atoms. The van der Waals surface area contributed by atoms with Crippen LogP contribution in [-0.2, 0) is 25.6 Å². The lowest BCUT2D eigenvalue weighted by molar-refractivity contribution is -0.297. The molecule has 0 heterocycles. The Labute approximate surface area is 124 Å². The van der Waals surface area contributed by atoms with Crippen molar-refractivity contribution in [3.8, 4) is 0 Å². The molecule has 1 fully saturated rings. The average Bonchev–Trinajstić information content (AvgIpc) is 2.47. The third-order valence-electron chi connectivity index (χ3n) is 4.25. The summed E-state index contributed by atoms with van der Waals surface area (Å²) in [5, 5.41) is 9.46. The molecule has 0 saturated heterocycles. The Morgan fingerprint density at radius 3 is 2.33 bits per heavy atom. The number of carbonyl (C=O) groups is 1. The summed E-state index contributed by atoms with van der Waals surface area (Å²) in [5.41, 5.74) is 0.279. The third kappa shape index (κ3) is 3.43. The van der Waals surface area contributed by atoms with Crippen LogP contribution in [0.5, 0.6) is 0 Å². The lowest BCUT2D eigenvalue weighted by atomic mass is 9.62. The fourth-order valence-corrected chi connectivity index (χ4v) is 2.82. The molecule has 0 spiro atoms. The van der Waals surface area contributed by atoms with Gasteiger partial charge in [-0.2, -0.15) is 0 Å². The van der Waals surface area contributed by atoms with E-state index in [-0.39, 0.29) is 0 Å². The highest BCUT2D eigenvalue weighted by molar-refractivity contribution is 5.76. The highest BCUT2D eigenvalue weighted by Gasteiger charge is 2.60. The van der Waals surface area contributed by atoms with Crippen molar-refractivity contribution in [1.82, 2.24) is 0 Å². The molecule has 1 saturated carbocycles. The van der Waals surface area contributed by atoms with Crippen molar-refractivity contribution in [2.75, 3.05) is 20.8 Å². The fraction of sp³-hybridized carbons (Fsp3) is 0.562. The van der Waals surface area contributed by atoms with Crippen LogP contribution in [0.4, 0.5) is 0 Å². The minimum atomic E-state index is -0.810. The zero-order chi connectivity index (χ0) is 15.3. The van der Waals surface area contributed by atoms with Crippen LogP contribution in [0.25, 0.3) is 0 Å². The molecule has 1 aromatic carbocycles. The maximum absolute atomic E-state index is 11.5. The van der Waals surface area contributed by atoms with Gasteiger partial charge in [-0.15, -0.1) is 0 Å². The predicted molar refractivity (Wildman–Crippen MR) is 76.8 cm³/mol. The standard InChI is InChI=1S/C16H22O5/c1-19-16(20-2)11-15(12-16,14(17)18)8-9-21-10-13-6-4-3-5-7-13/h3-7H,8-12H2,1-2H3,(H,17,18). The molecule has 116 valence electrons. The zero-order valence-electron chi connectivity index (χ0n) is 12.5. The van der Waals surface area contributed by atoms with E-state index < -0.39 is 17.2 Å². The minimum absolute atomic E-state index is 0.358. The van der Waals surface area contributed by atoms with Gasteiger partial charge < -0.3 is 19.3 Å². The largest absolute Gasteiger partial charge is 0.481 e. The number of carboxylic acids is 1. The second kappa shape index (κ2) is 6.56. The Balaban J connectivity index is 1.81. The summed E-state index contributed by atoms with van der Waals surface area (Å²) in [6.07, 6.45) is 1.18. The number of aliphatic carboxylic acids is 1. The van der Waals surface area contributed by atoms with Gasteiger partial charge in [-0.25, -0.2) is 0 Å². The van der Waals surface area contributed by atoms with E-state index in [0.29, 0.717) is 32.5 Å². The summed E-state index contributed by atoms with van der Waals surface area (Å²) in [4.78, 5) is 11.5. The normalized spacial score (nSPS) is 19.0. The number of carboxylic acid groups (broad SMARTS) is 1. The molecule has 0 aromatic heterocycles. The Morgan fingerprint density at radius 2 is 1.81 bits per heavy atom. The van der Waals surface area contributed by atoms with Crippen molar-refractivity contribution < 1.29 is 24.1 Å². The monoisotopic (exact) mass is 294 g/mol. The Morgan fingerprint density at radius 1 is 1.19 bits per heavy atom. The van der Waals surface area contributed by atoms with E-state index in [1.54, 1.807) is 14.2 Å². The van der Waals surface area contributed by atoms with Crippen LogP contribution in [0.2, 0.25) is 0 Å². The summed E-state index contributed by atoms with van der Waals surface area (Å²) in [6.45, 7) is 0.904. The number of hydrogen-bond donors (Lipinski definition) is 1. The molecule has 1 N–H and O–H groups in total. The van der Waals surface area contributed by atoms with E-state index in [0.717, 1.165) is 5.56 Å². The van der Waals surface area contributed by atoms with E-state index in [4.69, 9.17) is 14.2 Å². The van der Waals surface area contributed by atoms with Gasteiger partial charge >= 0.3 is 5.97 Å². The summed E-state index contributed by atoms with van der Waals surface area (Å²) in [5.74, 6) is -1.56. The third-order valence-corrected chi connectivity index (χ3v) is 4.25. The average molecular weight is 294 g/mol. The number of ether oxygens (including phenoxy) is 3. The van der Waals surface area contributed by atoms with Crippen LogP contribution >= 0.6 is 0 Å². The highest BCUT2D eigenvalue weighted by Crippen LogP contribution is 2.53. The van der Waals surface area contributed by atoms with Crippen LogP contribution in [0.3, 0.4) is 0 Å². The van der Waals surface area contributed by atoms with Gasteiger partial charge in [-0.05, 0) is 12.0 Å². The molecule has 1 aliphatic carbocycles.